The molecule has 0 spiro atoms. The maximum absolute atomic E-state index is 11.8. The van der Waals surface area contributed by atoms with E-state index in [-0.39, 0.29) is 18.4 Å². The van der Waals surface area contributed by atoms with Gasteiger partial charge < -0.3 is 21.1 Å². The summed E-state index contributed by atoms with van der Waals surface area (Å²) in [7, 11) is 1.46. The van der Waals surface area contributed by atoms with Gasteiger partial charge in [0.1, 0.15) is 6.61 Å². The number of nitrogens with two attached hydrogens (primary N) is 1. The van der Waals surface area contributed by atoms with Crippen LogP contribution in [0.25, 0.3) is 0 Å². The number of nitrogens with one attached hydrogen (secondary N) is 2. The number of rotatable bonds is 8. The number of carbonyl (C=O) groups excluding carboxylic acids is 2. The van der Waals surface area contributed by atoms with Crippen molar-refractivity contribution in [2.24, 2.45) is 5.73 Å². The minimum Gasteiger partial charge on any atom is -0.375 e. The van der Waals surface area contributed by atoms with Crippen LogP contribution in [0.4, 0.5) is 11.4 Å². The van der Waals surface area contributed by atoms with Crippen molar-refractivity contribution in [3.05, 3.63) is 23.8 Å². The van der Waals surface area contributed by atoms with Crippen LogP contribution in [0.5, 0.6) is 0 Å². The third-order valence-corrected chi connectivity index (χ3v) is 2.93. The van der Waals surface area contributed by atoms with Gasteiger partial charge in [-0.15, -0.1) is 0 Å². The Morgan fingerprint density at radius 3 is 2.62 bits per heavy atom. The van der Waals surface area contributed by atoms with Gasteiger partial charge >= 0.3 is 0 Å². The van der Waals surface area contributed by atoms with Crippen molar-refractivity contribution in [3.8, 4) is 0 Å². The highest BCUT2D eigenvalue weighted by Gasteiger charge is 2.08. The van der Waals surface area contributed by atoms with E-state index >= 15 is 0 Å². The average Bonchev–Trinajstić information content (AvgIpc) is 2.45. The first kappa shape index (κ1) is 17.1. The molecule has 0 saturated heterocycles. The van der Waals surface area contributed by atoms with E-state index in [0.717, 1.165) is 17.7 Å². The number of benzene rings is 1. The van der Waals surface area contributed by atoms with Gasteiger partial charge in [-0.2, -0.15) is 0 Å². The summed E-state index contributed by atoms with van der Waals surface area (Å²) in [5.74, 6) is -0.308. The Hall–Kier alpha value is -1.92. The summed E-state index contributed by atoms with van der Waals surface area (Å²) in [6.07, 6.45) is 1.83. The number of methoxy groups -OCH3 is 1. The van der Waals surface area contributed by atoms with Crippen LogP contribution in [-0.2, 0) is 20.7 Å². The molecule has 4 N–H and O–H groups in total. The van der Waals surface area contributed by atoms with E-state index in [1.807, 2.05) is 19.1 Å². The summed E-state index contributed by atoms with van der Waals surface area (Å²) < 4.78 is 4.77. The maximum atomic E-state index is 11.8. The SMILES string of the molecule is CCc1ccc(NC(=O)COC)cc1NC(=O)CCCN. The predicted octanol–water partition coefficient (Wildman–Crippen LogP) is 1.51. The molecule has 0 fully saturated rings. The number of hydrogen-bond acceptors (Lipinski definition) is 4. The fourth-order valence-corrected chi connectivity index (χ4v) is 1.88. The van der Waals surface area contributed by atoms with Crippen molar-refractivity contribution in [3.63, 3.8) is 0 Å². The second kappa shape index (κ2) is 9.10. The Kier molecular flexibility index (Phi) is 7.42. The first-order valence-corrected chi connectivity index (χ1v) is 7.02. The molecule has 0 aromatic heterocycles. The van der Waals surface area contributed by atoms with Crippen LogP contribution >= 0.6 is 0 Å². The topological polar surface area (TPSA) is 93.5 Å². The number of hydrogen-bond donors (Lipinski definition) is 3. The highest BCUT2D eigenvalue weighted by Crippen LogP contribution is 2.22. The molecule has 6 nitrogen and oxygen atoms in total. The smallest absolute Gasteiger partial charge is 0.250 e. The van der Waals surface area contributed by atoms with Crippen LogP contribution in [-0.4, -0.2) is 32.1 Å². The van der Waals surface area contributed by atoms with E-state index in [2.05, 4.69) is 10.6 Å². The molecule has 21 heavy (non-hydrogen) atoms. The number of carbonyl (C=O) groups is 2. The van der Waals surface area contributed by atoms with Gasteiger partial charge in [0.15, 0.2) is 0 Å². The Morgan fingerprint density at radius 2 is 2.00 bits per heavy atom. The van der Waals surface area contributed by atoms with Crippen LogP contribution in [0, 0.1) is 0 Å². The van der Waals surface area contributed by atoms with E-state index in [1.165, 1.54) is 7.11 Å². The molecule has 0 bridgehead atoms. The summed E-state index contributed by atoms with van der Waals surface area (Å²) in [5.41, 5.74) is 7.75. The first-order chi connectivity index (χ1) is 10.1. The molecule has 0 atom stereocenters. The summed E-state index contributed by atoms with van der Waals surface area (Å²) in [6, 6.07) is 5.45. The van der Waals surface area contributed by atoms with Gasteiger partial charge in [0.05, 0.1) is 0 Å². The van der Waals surface area contributed by atoms with Crippen LogP contribution in [0.1, 0.15) is 25.3 Å². The fourth-order valence-electron chi connectivity index (χ4n) is 1.88. The Labute approximate surface area is 125 Å². The van der Waals surface area contributed by atoms with Gasteiger partial charge in [0.2, 0.25) is 11.8 Å². The molecule has 1 aromatic carbocycles. The Bertz CT molecular complexity index is 489. The lowest BCUT2D eigenvalue weighted by molar-refractivity contribution is -0.119. The molecule has 0 aliphatic rings. The van der Waals surface area contributed by atoms with E-state index in [1.54, 1.807) is 6.07 Å². The van der Waals surface area contributed by atoms with E-state index < -0.39 is 0 Å². The molecule has 0 heterocycles. The third-order valence-electron chi connectivity index (χ3n) is 2.93. The van der Waals surface area contributed by atoms with Gasteiger partial charge in [0.25, 0.3) is 0 Å². The molecule has 0 saturated carbocycles. The van der Waals surface area contributed by atoms with Crippen LogP contribution in [0.15, 0.2) is 18.2 Å². The number of aryl methyl sites for hydroxylation is 1. The van der Waals surface area contributed by atoms with Crippen LogP contribution in [0.2, 0.25) is 0 Å². The van der Waals surface area contributed by atoms with Crippen LogP contribution in [0.3, 0.4) is 0 Å². The number of ether oxygens (including phenoxy) is 1. The van der Waals surface area contributed by atoms with Gasteiger partial charge in [-0.05, 0) is 37.1 Å². The minimum absolute atomic E-state index is 0.00623. The fraction of sp³-hybridized carbons (Fsp3) is 0.467. The van der Waals surface area contributed by atoms with Gasteiger partial charge in [0, 0.05) is 24.9 Å². The zero-order valence-corrected chi connectivity index (χ0v) is 12.6. The van der Waals surface area contributed by atoms with E-state index in [4.69, 9.17) is 10.5 Å². The largest absolute Gasteiger partial charge is 0.375 e. The third kappa shape index (κ3) is 5.93. The first-order valence-electron chi connectivity index (χ1n) is 7.02. The molecule has 2 amide bonds. The van der Waals surface area contributed by atoms with Gasteiger partial charge in [-0.3, -0.25) is 9.59 Å². The van der Waals surface area contributed by atoms with Crippen molar-refractivity contribution in [1.82, 2.24) is 0 Å². The molecule has 1 aromatic rings. The molecule has 6 heteroatoms. The Balaban J connectivity index is 2.80. The molecule has 0 unspecified atom stereocenters. The highest BCUT2D eigenvalue weighted by atomic mass is 16.5. The lowest BCUT2D eigenvalue weighted by Crippen LogP contribution is -2.18. The zero-order valence-electron chi connectivity index (χ0n) is 12.6. The van der Waals surface area contributed by atoms with Crippen molar-refractivity contribution in [2.45, 2.75) is 26.2 Å². The maximum Gasteiger partial charge on any atom is 0.250 e. The number of amides is 2. The van der Waals surface area contributed by atoms with Crippen molar-refractivity contribution in [1.29, 1.82) is 0 Å². The summed E-state index contributed by atoms with van der Waals surface area (Å²) in [4.78, 5) is 23.3. The average molecular weight is 293 g/mol. The molecule has 0 radical (unpaired) electrons. The molecular formula is C15H23N3O3. The van der Waals surface area contributed by atoms with Gasteiger partial charge in [-0.1, -0.05) is 13.0 Å². The summed E-state index contributed by atoms with van der Waals surface area (Å²) in [5, 5.41) is 5.58. The normalized spacial score (nSPS) is 10.2. The second-order valence-corrected chi connectivity index (χ2v) is 4.65. The zero-order chi connectivity index (χ0) is 15.7. The summed E-state index contributed by atoms with van der Waals surface area (Å²) >= 11 is 0. The predicted molar refractivity (Wildman–Crippen MR) is 83.2 cm³/mol. The molecule has 0 aliphatic carbocycles. The molecule has 116 valence electrons. The lowest BCUT2D eigenvalue weighted by Gasteiger charge is -2.13. The lowest BCUT2D eigenvalue weighted by atomic mass is 10.1. The molecule has 0 aliphatic heterocycles. The monoisotopic (exact) mass is 293 g/mol. The van der Waals surface area contributed by atoms with Crippen molar-refractivity contribution < 1.29 is 14.3 Å². The number of anilines is 2. The van der Waals surface area contributed by atoms with Crippen molar-refractivity contribution >= 4 is 23.2 Å². The quantitative estimate of drug-likeness (QED) is 0.677. The van der Waals surface area contributed by atoms with Crippen LogP contribution < -0.4 is 16.4 Å². The molecular weight excluding hydrogens is 270 g/mol. The minimum atomic E-state index is -0.234. The van der Waals surface area contributed by atoms with Crippen molar-refractivity contribution in [2.75, 3.05) is 30.9 Å². The van der Waals surface area contributed by atoms with Gasteiger partial charge in [-0.25, -0.2) is 0 Å². The van der Waals surface area contributed by atoms with E-state index in [0.29, 0.717) is 25.1 Å². The molecule has 1 rings (SSSR count). The second-order valence-electron chi connectivity index (χ2n) is 4.65. The highest BCUT2D eigenvalue weighted by molar-refractivity contribution is 5.95. The summed E-state index contributed by atoms with van der Waals surface area (Å²) in [6.45, 7) is 2.49. The van der Waals surface area contributed by atoms with E-state index in [9.17, 15) is 9.59 Å². The standard InChI is InChI=1S/C15H23N3O3/c1-3-11-6-7-12(17-15(20)10-21-2)9-13(11)18-14(19)5-4-8-16/h6-7,9H,3-5,8,10,16H2,1-2H3,(H,17,20)(H,18,19). The Morgan fingerprint density at radius 1 is 1.24 bits per heavy atom.